The Balaban J connectivity index is 0.829. The SMILES string of the molecule is COCC[C@H]1[C@@H](O)[C@H]([n+]2cn(Cc3ccccc3)c3c(=O)[nH]c(N)nc32)O[C@@H]1COP(=O)(O)OP(=O)(O)OP(=O)(O)OCC1O[C@@H](n2cnc3c(N)ncnc32)[C@H](OC)[C@@H]1P(=O)([O-])OC[C@H]1O[C@@H](n2cnc3c(=O)[nH]c(N)nc32)[C@H](O)[C@@H]1O. The van der Waals surface area contributed by atoms with Crippen molar-refractivity contribution in [3.8, 4) is 0 Å². The molecule has 0 bridgehead atoms. The monoisotopic (exact) mass is 1250 g/mol. The molecule has 7 aromatic rings. The van der Waals surface area contributed by atoms with Crippen LogP contribution >= 0.6 is 31.1 Å². The van der Waals surface area contributed by atoms with Gasteiger partial charge in [0, 0.05) is 26.7 Å². The Morgan fingerprint density at radius 2 is 1.35 bits per heavy atom. The number of anilines is 3. The van der Waals surface area contributed by atoms with Crippen LogP contribution in [0, 0.1) is 5.92 Å². The normalized spacial score (nSPS) is 28.6. The molecular weight excluding hydrogens is 1190 g/mol. The van der Waals surface area contributed by atoms with E-state index in [2.05, 4.69) is 48.5 Å². The molecule has 38 nitrogen and oxygen atoms in total. The van der Waals surface area contributed by atoms with Gasteiger partial charge < -0.3 is 84.9 Å². The number of nitrogens with one attached hydrogen (secondary N) is 2. The van der Waals surface area contributed by atoms with Crippen molar-refractivity contribution in [1.29, 1.82) is 0 Å². The van der Waals surface area contributed by atoms with Gasteiger partial charge in [-0.15, -0.1) is 0 Å². The van der Waals surface area contributed by atoms with Crippen LogP contribution in [0.25, 0.3) is 33.5 Å². The van der Waals surface area contributed by atoms with Crippen molar-refractivity contribution in [3.05, 3.63) is 81.9 Å². The summed E-state index contributed by atoms with van der Waals surface area (Å²) in [7, 11) is -21.2. The highest BCUT2D eigenvalue weighted by molar-refractivity contribution is 7.66. The summed E-state index contributed by atoms with van der Waals surface area (Å²) in [6.07, 6.45) is -11.5. The summed E-state index contributed by atoms with van der Waals surface area (Å²) >= 11 is 0. The number of hydrogen-bond donors (Lipinski definition) is 11. The fourth-order valence-corrected chi connectivity index (χ4v) is 15.2. The number of aromatic nitrogens is 12. The van der Waals surface area contributed by atoms with Gasteiger partial charge in [0.05, 0.1) is 56.9 Å². The zero-order valence-electron chi connectivity index (χ0n) is 43.0. The van der Waals surface area contributed by atoms with Crippen LogP contribution in [-0.4, -0.2) is 173 Å². The Labute approximate surface area is 464 Å². The molecule has 16 atom stereocenters. The average Bonchev–Trinajstić information content (AvgIpc) is 4.44. The van der Waals surface area contributed by atoms with E-state index in [9.17, 15) is 62.7 Å². The molecule has 0 spiro atoms. The van der Waals surface area contributed by atoms with Crippen molar-refractivity contribution in [2.75, 3.05) is 57.8 Å². The number of aliphatic hydroxyl groups excluding tert-OH is 3. The first-order chi connectivity index (χ1) is 39.3. The summed E-state index contributed by atoms with van der Waals surface area (Å²) in [4.78, 5) is 101. The van der Waals surface area contributed by atoms with Crippen molar-refractivity contribution >= 4 is 82.3 Å². The first-order valence-electron chi connectivity index (χ1n) is 24.5. The maximum absolute atomic E-state index is 14.4. The summed E-state index contributed by atoms with van der Waals surface area (Å²) in [6, 6.07) is 9.00. The third-order valence-electron chi connectivity index (χ3n) is 13.6. The number of nitrogens with two attached hydrogens (primary N) is 3. The van der Waals surface area contributed by atoms with Crippen LogP contribution in [0.3, 0.4) is 0 Å². The molecule has 3 aliphatic rings. The number of aliphatic hydroxyl groups is 3. The van der Waals surface area contributed by atoms with Gasteiger partial charge in [0.15, 0.2) is 41.4 Å². The highest BCUT2D eigenvalue weighted by atomic mass is 31.3. The van der Waals surface area contributed by atoms with E-state index in [1.165, 1.54) is 27.1 Å². The van der Waals surface area contributed by atoms with Crippen LogP contribution in [0.15, 0.2) is 65.2 Å². The molecule has 3 fully saturated rings. The lowest BCUT2D eigenvalue weighted by Gasteiger charge is -2.35. The largest absolute Gasteiger partial charge is 0.778 e. The Morgan fingerprint density at radius 1 is 0.723 bits per heavy atom. The Bertz CT molecular complexity index is 3850. The fourth-order valence-electron chi connectivity index (χ4n) is 9.98. The topological polar surface area (TPSA) is 545 Å². The minimum absolute atomic E-state index is 0.0127. The van der Waals surface area contributed by atoms with Gasteiger partial charge in [-0.3, -0.25) is 42.3 Å². The lowest BCUT2D eigenvalue weighted by atomic mass is 9.95. The lowest BCUT2D eigenvalue weighted by Crippen LogP contribution is -2.45. The van der Waals surface area contributed by atoms with Gasteiger partial charge in [0.25, 0.3) is 17.1 Å². The molecule has 0 aliphatic carbocycles. The van der Waals surface area contributed by atoms with Crippen LogP contribution in [0.5, 0.6) is 0 Å². The van der Waals surface area contributed by atoms with Crippen molar-refractivity contribution in [1.82, 2.24) is 53.6 Å². The summed E-state index contributed by atoms with van der Waals surface area (Å²) in [6.45, 7) is -3.15. The molecule has 0 saturated carbocycles. The number of phosphoric ester groups is 2. The van der Waals surface area contributed by atoms with Crippen molar-refractivity contribution in [2.45, 2.75) is 80.0 Å². The molecule has 1 aromatic carbocycles. The maximum atomic E-state index is 14.4. The van der Waals surface area contributed by atoms with E-state index in [0.717, 1.165) is 36.2 Å². The van der Waals surface area contributed by atoms with Crippen molar-refractivity contribution in [2.24, 2.45) is 5.92 Å². The zero-order valence-corrected chi connectivity index (χ0v) is 46.6. The number of phosphoric acid groups is 3. The second-order valence-corrected chi connectivity index (χ2v) is 25.5. The molecule has 3 saturated heterocycles. The number of rotatable bonds is 23. The first kappa shape index (κ1) is 60.2. The fraction of sp³-hybridized carbons (Fsp3) is 0.488. The number of hydrogen-bond acceptors (Lipinski definition) is 29. The second-order valence-electron chi connectivity index (χ2n) is 18.9. The Hall–Kier alpha value is -5.89. The van der Waals surface area contributed by atoms with E-state index in [0.29, 0.717) is 0 Å². The van der Waals surface area contributed by atoms with Gasteiger partial charge in [-0.1, -0.05) is 35.3 Å². The number of nitrogen functional groups attached to an aromatic ring is 3. The molecule has 3 aliphatic heterocycles. The minimum Gasteiger partial charge on any atom is -0.778 e. The van der Waals surface area contributed by atoms with Crippen molar-refractivity contribution < 1.29 is 104 Å². The van der Waals surface area contributed by atoms with E-state index >= 15 is 0 Å². The number of H-pyrrole nitrogens is 2. The van der Waals surface area contributed by atoms with Gasteiger partial charge in [-0.25, -0.2) is 38.2 Å². The standard InChI is InChI=1S/C41H53N15O23P4/c1-70-9-8-19-20(75-37(26(19)57)56-17-53(10-18-6-4-3-5-7-18)25-34(56)50-41(44)52-36(25)61)11-73-81(64,65)78-83(68,69)79-82(66,67)74-13-22-30(29(71-2)39(77-22)54-15-47-23-31(42)45-14-46-32(23)54)80(62,63)72-12-21-27(58)28(59)38(76-21)55-16-48-24-33(55)49-40(43)51-35(24)60/h3-7,14-17,19-22,26-30,37-39,57-59H,8-13H2,1-2H3,(H11-,42,43,44,45,46,49,50,51,52,60,61,62,63,64,65,66,67,68,69)/t19-,20-,21-,22?,26-,27-,28-,29-,30-,37-,38-,39-/m1/s1. The smallest absolute Gasteiger partial charge is 0.490 e. The number of imidazole rings is 3. The third-order valence-corrected chi connectivity index (χ3v) is 19.8. The minimum atomic E-state index is -6.23. The Morgan fingerprint density at radius 3 is 2.04 bits per heavy atom. The van der Waals surface area contributed by atoms with Crippen LogP contribution in [0.1, 0.15) is 30.7 Å². The van der Waals surface area contributed by atoms with E-state index in [4.69, 9.17) is 54.5 Å². The Kier molecular flexibility index (Phi) is 17.1. The highest BCUT2D eigenvalue weighted by Crippen LogP contribution is 2.68. The predicted octanol–water partition coefficient (Wildman–Crippen LogP) is -2.47. The highest BCUT2D eigenvalue weighted by Gasteiger charge is 2.55. The molecular formula is C41H53N15O23P4. The second kappa shape index (κ2) is 23.5. The molecule has 6 aromatic heterocycles. The number of ether oxygens (including phenoxy) is 5. The average molecular weight is 1250 g/mol. The van der Waals surface area contributed by atoms with Crippen LogP contribution in [0.2, 0.25) is 0 Å². The van der Waals surface area contributed by atoms with Gasteiger partial charge in [0.1, 0.15) is 50.0 Å². The number of fused-ring (bicyclic) bond motifs is 3. The number of methoxy groups -OCH3 is 2. The number of benzene rings is 1. The number of nitrogens with zero attached hydrogens (tertiary/aromatic N) is 10. The predicted molar refractivity (Wildman–Crippen MR) is 274 cm³/mol. The molecule has 14 N–H and O–H groups in total. The summed E-state index contributed by atoms with van der Waals surface area (Å²) in [5.41, 5.74) is 14.6. The lowest BCUT2D eigenvalue weighted by molar-refractivity contribution is -0.746. The van der Waals surface area contributed by atoms with Crippen LogP contribution in [0.4, 0.5) is 17.7 Å². The maximum Gasteiger partial charge on any atom is 0.490 e. The molecule has 5 unspecified atom stereocenters. The molecule has 42 heteroatoms. The first-order valence-corrected chi connectivity index (χ1v) is 30.6. The van der Waals surface area contributed by atoms with E-state index < -0.39 is 135 Å². The molecule has 83 heavy (non-hydrogen) atoms. The summed E-state index contributed by atoms with van der Waals surface area (Å²) in [5.74, 6) is -1.67. The van der Waals surface area contributed by atoms with Gasteiger partial charge in [-0.05, 0) is 12.0 Å². The van der Waals surface area contributed by atoms with Gasteiger partial charge >= 0.3 is 29.1 Å². The summed E-state index contributed by atoms with van der Waals surface area (Å²) < 4.78 is 112. The van der Waals surface area contributed by atoms with Crippen LogP contribution < -0.4 is 37.8 Å². The third kappa shape index (κ3) is 12.3. The van der Waals surface area contributed by atoms with Crippen molar-refractivity contribution in [3.63, 3.8) is 0 Å². The molecule has 0 amide bonds. The number of aromatic amines is 2. The quantitative estimate of drug-likeness (QED) is 0.0233. The molecule has 9 heterocycles. The van der Waals surface area contributed by atoms with E-state index in [1.807, 2.05) is 12.1 Å². The van der Waals surface area contributed by atoms with E-state index in [1.54, 1.807) is 18.2 Å². The molecule has 10 rings (SSSR count). The van der Waals surface area contributed by atoms with Crippen LogP contribution in [-0.2, 0) is 70.7 Å². The summed E-state index contributed by atoms with van der Waals surface area (Å²) in [5, 5.41) is 33.7. The van der Waals surface area contributed by atoms with E-state index in [-0.39, 0.29) is 70.8 Å². The molecule has 0 radical (unpaired) electrons. The van der Waals surface area contributed by atoms with Gasteiger partial charge in [0.2, 0.25) is 17.7 Å². The zero-order chi connectivity index (χ0) is 59.5. The van der Waals surface area contributed by atoms with Gasteiger partial charge in [-0.2, -0.15) is 13.6 Å². The molecule has 450 valence electrons.